The lowest BCUT2D eigenvalue weighted by atomic mass is 9.96. The van der Waals surface area contributed by atoms with E-state index in [9.17, 15) is 9.90 Å². The maximum absolute atomic E-state index is 13.0. The van der Waals surface area contributed by atoms with Gasteiger partial charge >= 0.3 is 0 Å². The van der Waals surface area contributed by atoms with Crippen LogP contribution in [0.15, 0.2) is 36.4 Å². The zero-order valence-electron chi connectivity index (χ0n) is 13.4. The third-order valence-corrected chi connectivity index (χ3v) is 5.41. The van der Waals surface area contributed by atoms with Gasteiger partial charge < -0.3 is 14.9 Å². The van der Waals surface area contributed by atoms with Crippen LogP contribution in [-0.4, -0.2) is 53.5 Å². The van der Waals surface area contributed by atoms with E-state index in [2.05, 4.69) is 11.9 Å². The molecule has 2 bridgehead atoms. The number of rotatable bonds is 1. The van der Waals surface area contributed by atoms with E-state index in [1.54, 1.807) is 6.07 Å². The predicted octanol–water partition coefficient (Wildman–Crippen LogP) is 2.71. The fourth-order valence-electron chi connectivity index (χ4n) is 4.08. The molecule has 1 N–H and O–H groups in total. The molecule has 3 fully saturated rings. The van der Waals surface area contributed by atoms with Crippen LogP contribution in [0.2, 0.25) is 0 Å². The minimum Gasteiger partial charge on any atom is -0.506 e. The Balaban J connectivity index is 1.68. The lowest BCUT2D eigenvalue weighted by molar-refractivity contribution is 0.0740. The van der Waals surface area contributed by atoms with E-state index < -0.39 is 0 Å². The average molecular weight is 310 g/mol. The molecule has 0 radical (unpaired) electrons. The highest BCUT2D eigenvalue weighted by atomic mass is 16.3. The monoisotopic (exact) mass is 310 g/mol. The van der Waals surface area contributed by atoms with Crippen molar-refractivity contribution in [2.45, 2.75) is 18.9 Å². The molecule has 120 valence electrons. The Morgan fingerprint density at radius 2 is 1.91 bits per heavy atom. The Kier molecular flexibility index (Phi) is 3.49. The predicted molar refractivity (Wildman–Crippen MR) is 90.7 cm³/mol. The normalized spacial score (nSPS) is 24.8. The summed E-state index contributed by atoms with van der Waals surface area (Å²) in [5, 5.41) is 12.3. The molecule has 3 aliphatic heterocycles. The van der Waals surface area contributed by atoms with Crippen LogP contribution < -0.4 is 0 Å². The van der Waals surface area contributed by atoms with Gasteiger partial charge in [0.15, 0.2) is 0 Å². The van der Waals surface area contributed by atoms with E-state index in [-0.39, 0.29) is 11.7 Å². The first-order valence-electron chi connectivity index (χ1n) is 8.33. The van der Waals surface area contributed by atoms with Crippen LogP contribution in [0.25, 0.3) is 10.8 Å². The molecule has 4 heteroatoms. The maximum Gasteiger partial charge on any atom is 0.257 e. The molecule has 3 aliphatic rings. The van der Waals surface area contributed by atoms with Crippen LogP contribution >= 0.6 is 0 Å². The largest absolute Gasteiger partial charge is 0.506 e. The second-order valence-corrected chi connectivity index (χ2v) is 6.93. The number of phenols is 1. The molecule has 23 heavy (non-hydrogen) atoms. The molecule has 0 aliphatic carbocycles. The van der Waals surface area contributed by atoms with Crippen molar-refractivity contribution in [3.63, 3.8) is 0 Å². The van der Waals surface area contributed by atoms with Crippen LogP contribution in [0.4, 0.5) is 0 Å². The van der Waals surface area contributed by atoms with Crippen molar-refractivity contribution in [2.24, 2.45) is 5.92 Å². The highest BCUT2D eigenvalue weighted by Gasteiger charge is 2.35. The van der Waals surface area contributed by atoms with Gasteiger partial charge in [-0.2, -0.15) is 0 Å². The van der Waals surface area contributed by atoms with Gasteiger partial charge in [-0.05, 0) is 37.3 Å². The summed E-state index contributed by atoms with van der Waals surface area (Å²) in [5.74, 6) is 0.615. The van der Waals surface area contributed by atoms with E-state index >= 15 is 0 Å². The van der Waals surface area contributed by atoms with Gasteiger partial charge in [-0.1, -0.05) is 30.3 Å². The Hall–Kier alpha value is -2.07. The van der Waals surface area contributed by atoms with Crippen molar-refractivity contribution in [2.75, 3.05) is 26.7 Å². The molecule has 3 heterocycles. The van der Waals surface area contributed by atoms with Gasteiger partial charge in [0.1, 0.15) is 5.75 Å². The van der Waals surface area contributed by atoms with Crippen molar-refractivity contribution in [3.05, 3.63) is 42.0 Å². The zero-order valence-corrected chi connectivity index (χ0v) is 13.4. The van der Waals surface area contributed by atoms with E-state index in [4.69, 9.17) is 0 Å². The van der Waals surface area contributed by atoms with Crippen molar-refractivity contribution in [1.82, 2.24) is 9.80 Å². The number of nitrogens with zero attached hydrogens (tertiary/aromatic N) is 2. The highest BCUT2D eigenvalue weighted by Crippen LogP contribution is 2.32. The molecule has 0 spiro atoms. The SMILES string of the molecule is CN1C[C@H]2CC[C@@H]1CN(C(=O)c1ccc3ccccc3c1O)C2. The number of carbonyl (C=O) groups is 1. The summed E-state index contributed by atoms with van der Waals surface area (Å²) in [6.07, 6.45) is 2.36. The topological polar surface area (TPSA) is 43.8 Å². The number of benzene rings is 2. The third kappa shape index (κ3) is 2.47. The molecule has 2 aromatic rings. The lowest BCUT2D eigenvalue weighted by Crippen LogP contribution is -2.41. The number of hydrogen-bond donors (Lipinski definition) is 1. The van der Waals surface area contributed by atoms with E-state index in [1.165, 1.54) is 6.42 Å². The number of hydrogen-bond acceptors (Lipinski definition) is 3. The first-order chi connectivity index (χ1) is 11.1. The summed E-state index contributed by atoms with van der Waals surface area (Å²) in [7, 11) is 2.15. The quantitative estimate of drug-likeness (QED) is 0.881. The fourth-order valence-corrected chi connectivity index (χ4v) is 4.08. The molecule has 2 aromatic carbocycles. The number of carbonyl (C=O) groups excluding carboxylic acids is 1. The summed E-state index contributed by atoms with van der Waals surface area (Å²) in [5.41, 5.74) is 0.424. The Morgan fingerprint density at radius 1 is 1.09 bits per heavy atom. The molecular weight excluding hydrogens is 288 g/mol. The number of aromatic hydroxyl groups is 1. The first kappa shape index (κ1) is 14.5. The summed E-state index contributed by atoms with van der Waals surface area (Å²) in [6, 6.07) is 11.8. The molecular formula is C19H22N2O2. The van der Waals surface area contributed by atoms with Gasteiger partial charge in [-0.25, -0.2) is 0 Å². The molecule has 5 rings (SSSR count). The van der Waals surface area contributed by atoms with Crippen LogP contribution in [0, 0.1) is 5.92 Å². The summed E-state index contributed by atoms with van der Waals surface area (Å²) in [6.45, 7) is 2.63. The maximum atomic E-state index is 13.0. The van der Waals surface area contributed by atoms with Gasteiger partial charge in [0, 0.05) is 31.1 Å². The van der Waals surface area contributed by atoms with Crippen LogP contribution in [-0.2, 0) is 0 Å². The molecule has 4 nitrogen and oxygen atoms in total. The van der Waals surface area contributed by atoms with E-state index in [0.29, 0.717) is 17.5 Å². The smallest absolute Gasteiger partial charge is 0.257 e. The summed E-state index contributed by atoms with van der Waals surface area (Å²) >= 11 is 0. The average Bonchev–Trinajstić information content (AvgIpc) is 2.86. The lowest BCUT2D eigenvalue weighted by Gasteiger charge is -2.32. The van der Waals surface area contributed by atoms with Crippen LogP contribution in [0.5, 0.6) is 5.75 Å². The minimum atomic E-state index is -0.0412. The molecule has 1 amide bonds. The number of likely N-dealkylation sites (N-methyl/N-ethyl adjacent to an activating group) is 1. The standard InChI is InChI=1S/C19H22N2O2/c1-20-10-13-6-8-15(20)12-21(11-13)19(23)17-9-7-14-4-2-3-5-16(14)18(17)22/h2-5,7,9,13,15,22H,6,8,10-12H2,1H3/t13-,15-/m1/s1. The number of phenolic OH excluding ortho intramolecular Hbond substituents is 1. The molecule has 2 atom stereocenters. The van der Waals surface area contributed by atoms with Crippen LogP contribution in [0.3, 0.4) is 0 Å². The molecule has 0 aromatic heterocycles. The van der Waals surface area contributed by atoms with E-state index in [1.807, 2.05) is 35.2 Å². The van der Waals surface area contributed by atoms with Crippen molar-refractivity contribution < 1.29 is 9.90 Å². The minimum absolute atomic E-state index is 0.0412. The number of amides is 1. The van der Waals surface area contributed by atoms with Gasteiger partial charge in [0.05, 0.1) is 5.56 Å². The van der Waals surface area contributed by atoms with Crippen molar-refractivity contribution >= 4 is 16.7 Å². The second-order valence-electron chi connectivity index (χ2n) is 6.93. The number of piperidine rings is 1. The Labute approximate surface area is 136 Å². The second kappa shape index (κ2) is 5.53. The van der Waals surface area contributed by atoms with Gasteiger partial charge in [-0.3, -0.25) is 4.79 Å². The van der Waals surface area contributed by atoms with Gasteiger partial charge in [0.2, 0.25) is 0 Å². The highest BCUT2D eigenvalue weighted by molar-refractivity contribution is 6.03. The van der Waals surface area contributed by atoms with Crippen LogP contribution in [0.1, 0.15) is 23.2 Å². The first-order valence-corrected chi connectivity index (χ1v) is 8.33. The summed E-state index contributed by atoms with van der Waals surface area (Å²) < 4.78 is 0. The van der Waals surface area contributed by atoms with Gasteiger partial charge in [0.25, 0.3) is 5.91 Å². The fraction of sp³-hybridized carbons (Fsp3) is 0.421. The number of fused-ring (bicyclic) bond motifs is 5. The Bertz CT molecular complexity index is 758. The zero-order chi connectivity index (χ0) is 16.0. The van der Waals surface area contributed by atoms with Gasteiger partial charge in [-0.15, -0.1) is 0 Å². The van der Waals surface area contributed by atoms with Crippen molar-refractivity contribution in [3.8, 4) is 5.75 Å². The van der Waals surface area contributed by atoms with E-state index in [0.717, 1.165) is 36.8 Å². The molecule has 0 unspecified atom stereocenters. The Morgan fingerprint density at radius 3 is 2.74 bits per heavy atom. The summed E-state index contributed by atoms with van der Waals surface area (Å²) in [4.78, 5) is 17.3. The van der Waals surface area contributed by atoms with Crippen molar-refractivity contribution in [1.29, 1.82) is 0 Å². The molecule has 0 saturated carbocycles. The third-order valence-electron chi connectivity index (χ3n) is 5.41. The molecule has 3 saturated heterocycles.